The Balaban J connectivity index is 1.73. The van der Waals surface area contributed by atoms with Gasteiger partial charge in [-0.1, -0.05) is 0 Å². The van der Waals surface area contributed by atoms with Crippen LogP contribution >= 0.6 is 11.6 Å². The largest absolute Gasteiger partial charge is 0.364 e. The van der Waals surface area contributed by atoms with Crippen LogP contribution in [-0.2, 0) is 11.5 Å². The van der Waals surface area contributed by atoms with Crippen molar-refractivity contribution < 1.29 is 9.13 Å². The van der Waals surface area contributed by atoms with Crippen LogP contribution in [0.2, 0.25) is 5.28 Å². The molecule has 3 aromatic heterocycles. The summed E-state index contributed by atoms with van der Waals surface area (Å²) in [6.45, 7) is 2.15. The number of hydrogen-bond acceptors (Lipinski definition) is 9. The first-order valence-corrected chi connectivity index (χ1v) is 7.84. The van der Waals surface area contributed by atoms with E-state index in [-0.39, 0.29) is 23.2 Å². The minimum Gasteiger partial charge on any atom is -0.364 e. The van der Waals surface area contributed by atoms with Gasteiger partial charge in [0.15, 0.2) is 11.6 Å². The molecule has 0 aliphatic rings. The molecule has 10 nitrogen and oxygen atoms in total. The quantitative estimate of drug-likeness (QED) is 0.637. The van der Waals surface area contributed by atoms with Gasteiger partial charge < -0.3 is 19.9 Å². The van der Waals surface area contributed by atoms with Crippen molar-refractivity contribution >= 4 is 29.3 Å². The summed E-state index contributed by atoms with van der Waals surface area (Å²) in [5.41, 5.74) is 0. The number of ether oxygens (including phenoxy) is 1. The van der Waals surface area contributed by atoms with E-state index in [9.17, 15) is 4.39 Å². The number of nitrogens with zero attached hydrogens (tertiary/aromatic N) is 7. The number of anilines is 3. The molecule has 0 aromatic carbocycles. The van der Waals surface area contributed by atoms with Crippen molar-refractivity contribution in [3.63, 3.8) is 0 Å². The molecular weight excluding hydrogens is 365 g/mol. The number of halogens is 2. The van der Waals surface area contributed by atoms with E-state index in [1.807, 2.05) is 0 Å². The second-order valence-electron chi connectivity index (χ2n) is 5.19. The molecule has 0 aliphatic carbocycles. The van der Waals surface area contributed by atoms with Gasteiger partial charge in [-0.25, -0.2) is 19.3 Å². The van der Waals surface area contributed by atoms with Crippen molar-refractivity contribution in [2.75, 3.05) is 17.7 Å². The molecule has 1 atom stereocenters. The molecule has 0 saturated heterocycles. The van der Waals surface area contributed by atoms with Crippen molar-refractivity contribution in [3.05, 3.63) is 41.8 Å². The summed E-state index contributed by atoms with van der Waals surface area (Å²) < 4.78 is 19.7. The molecular formula is C14H15ClFN9O. The highest BCUT2D eigenvalue weighted by Crippen LogP contribution is 2.17. The molecule has 26 heavy (non-hydrogen) atoms. The third-order valence-corrected chi connectivity index (χ3v) is 3.30. The molecule has 0 saturated carbocycles. The highest BCUT2D eigenvalue weighted by molar-refractivity contribution is 6.28. The summed E-state index contributed by atoms with van der Waals surface area (Å²) in [5.74, 6) is 0.816. The third kappa shape index (κ3) is 4.58. The first-order valence-electron chi connectivity index (χ1n) is 7.47. The zero-order valence-corrected chi connectivity index (χ0v) is 14.6. The second kappa shape index (κ2) is 7.97. The Bertz CT molecular complexity index is 873. The van der Waals surface area contributed by atoms with Crippen LogP contribution in [0.1, 0.15) is 18.8 Å². The van der Waals surface area contributed by atoms with Gasteiger partial charge in [-0.3, -0.25) is 0 Å². The van der Waals surface area contributed by atoms with Crippen LogP contribution in [0.25, 0.3) is 0 Å². The van der Waals surface area contributed by atoms with Gasteiger partial charge >= 0.3 is 0 Å². The van der Waals surface area contributed by atoms with Crippen molar-refractivity contribution in [1.82, 2.24) is 34.5 Å². The lowest BCUT2D eigenvalue weighted by atomic mass is 10.3. The van der Waals surface area contributed by atoms with Crippen molar-refractivity contribution in [2.24, 2.45) is 0 Å². The van der Waals surface area contributed by atoms with Gasteiger partial charge in [-0.2, -0.15) is 15.0 Å². The van der Waals surface area contributed by atoms with Gasteiger partial charge in [0, 0.05) is 7.11 Å². The van der Waals surface area contributed by atoms with E-state index in [1.54, 1.807) is 31.1 Å². The first-order chi connectivity index (χ1) is 12.5. The zero-order valence-electron chi connectivity index (χ0n) is 13.9. The topological polar surface area (TPSA) is 116 Å². The third-order valence-electron chi connectivity index (χ3n) is 3.13. The maximum Gasteiger partial charge on any atom is 0.234 e. The van der Waals surface area contributed by atoms with Crippen molar-refractivity contribution in [1.29, 1.82) is 0 Å². The number of imidazole rings is 1. The molecule has 3 aromatic rings. The second-order valence-corrected chi connectivity index (χ2v) is 5.53. The van der Waals surface area contributed by atoms with Crippen LogP contribution in [0.4, 0.5) is 22.1 Å². The average Bonchev–Trinajstić information content (AvgIpc) is 3.02. The lowest BCUT2D eigenvalue weighted by Gasteiger charge is -2.12. The molecule has 0 radical (unpaired) electrons. The molecule has 3 rings (SSSR count). The fourth-order valence-electron chi connectivity index (χ4n) is 2.03. The van der Waals surface area contributed by atoms with E-state index in [0.29, 0.717) is 18.4 Å². The Hall–Kier alpha value is -2.92. The zero-order chi connectivity index (χ0) is 18.5. The van der Waals surface area contributed by atoms with Gasteiger partial charge in [-0.15, -0.1) is 0 Å². The summed E-state index contributed by atoms with van der Waals surface area (Å²) in [7, 11) is 1.59. The summed E-state index contributed by atoms with van der Waals surface area (Å²) in [6, 6.07) is -0.372. The van der Waals surface area contributed by atoms with Gasteiger partial charge in [0.2, 0.25) is 17.2 Å². The Kier molecular flexibility index (Phi) is 5.49. The molecule has 0 fully saturated rings. The summed E-state index contributed by atoms with van der Waals surface area (Å²) in [5, 5.41) is 5.91. The van der Waals surface area contributed by atoms with Crippen molar-refractivity contribution in [2.45, 2.75) is 19.7 Å². The molecule has 2 N–H and O–H groups in total. The lowest BCUT2D eigenvalue weighted by Crippen LogP contribution is -2.14. The van der Waals surface area contributed by atoms with Gasteiger partial charge in [-0.05, 0) is 18.5 Å². The number of aromatic nitrogens is 7. The molecule has 0 bridgehead atoms. The maximum absolute atomic E-state index is 12.9. The number of rotatable bonds is 7. The molecule has 3 heterocycles. The monoisotopic (exact) mass is 379 g/mol. The van der Waals surface area contributed by atoms with Gasteiger partial charge in [0.1, 0.15) is 12.6 Å². The summed E-state index contributed by atoms with van der Waals surface area (Å²) >= 11 is 5.95. The first kappa shape index (κ1) is 17.9. The molecule has 0 unspecified atom stereocenters. The molecule has 12 heteroatoms. The van der Waals surface area contributed by atoms with Crippen LogP contribution in [0.3, 0.4) is 0 Å². The molecule has 136 valence electrons. The minimum absolute atomic E-state index is 0.00597. The van der Waals surface area contributed by atoms with E-state index < -0.39 is 5.82 Å². The molecule has 0 amide bonds. The fourth-order valence-corrected chi connectivity index (χ4v) is 2.19. The van der Waals surface area contributed by atoms with Crippen LogP contribution in [0.15, 0.2) is 24.9 Å². The van der Waals surface area contributed by atoms with Crippen LogP contribution in [0, 0.1) is 5.82 Å². The van der Waals surface area contributed by atoms with Crippen LogP contribution in [-0.4, -0.2) is 41.6 Å². The predicted molar refractivity (Wildman–Crippen MR) is 91.4 cm³/mol. The van der Waals surface area contributed by atoms with Gasteiger partial charge in [0.25, 0.3) is 0 Å². The number of nitrogens with one attached hydrogen (secondary N) is 2. The fraction of sp³-hybridized carbons (Fsp3) is 0.286. The SMILES string of the molecule is COCn1cnc(Nc2nc(Cl)nc(N[C@@H](C)c3ncc(F)cn3)n2)c1. The van der Waals surface area contributed by atoms with E-state index in [4.69, 9.17) is 16.3 Å². The highest BCUT2D eigenvalue weighted by atomic mass is 35.5. The predicted octanol–water partition coefficient (Wildman–Crippen LogP) is 2.17. The Morgan fingerprint density at radius 2 is 1.92 bits per heavy atom. The van der Waals surface area contributed by atoms with E-state index in [2.05, 4.69) is 40.5 Å². The van der Waals surface area contributed by atoms with Crippen LogP contribution < -0.4 is 10.6 Å². The minimum atomic E-state index is -0.511. The van der Waals surface area contributed by atoms with E-state index in [0.717, 1.165) is 12.4 Å². The normalized spacial score (nSPS) is 12.0. The van der Waals surface area contributed by atoms with E-state index in [1.165, 1.54) is 0 Å². The molecule has 0 spiro atoms. The summed E-state index contributed by atoms with van der Waals surface area (Å²) in [4.78, 5) is 24.2. The summed E-state index contributed by atoms with van der Waals surface area (Å²) in [6.07, 6.45) is 5.50. The Labute approximate surface area is 152 Å². The number of hydrogen-bond donors (Lipinski definition) is 2. The smallest absolute Gasteiger partial charge is 0.234 e. The Morgan fingerprint density at radius 1 is 1.19 bits per heavy atom. The van der Waals surface area contributed by atoms with Gasteiger partial charge in [0.05, 0.1) is 31.0 Å². The molecule has 0 aliphatic heterocycles. The lowest BCUT2D eigenvalue weighted by molar-refractivity contribution is 0.131. The van der Waals surface area contributed by atoms with Crippen molar-refractivity contribution in [3.8, 4) is 0 Å². The number of methoxy groups -OCH3 is 1. The standard InChI is InChI=1S/C14H15ClFN9O/c1-8(11-17-3-9(16)4-18-11)20-13-22-12(15)23-14(24-13)21-10-5-25(6-19-10)7-26-2/h3-6,8H,7H2,1-2H3,(H2,20,21,22,23,24)/t8-/m0/s1. The Morgan fingerprint density at radius 3 is 2.65 bits per heavy atom. The van der Waals surface area contributed by atoms with Crippen LogP contribution in [0.5, 0.6) is 0 Å². The average molecular weight is 380 g/mol. The van der Waals surface area contributed by atoms with E-state index >= 15 is 0 Å². The highest BCUT2D eigenvalue weighted by Gasteiger charge is 2.13. The maximum atomic E-state index is 12.9.